The Morgan fingerprint density at radius 1 is 1.50 bits per heavy atom. The second-order valence-corrected chi connectivity index (χ2v) is 6.55. The second kappa shape index (κ2) is 5.79. The molecule has 2 rings (SSSR count). The van der Waals surface area contributed by atoms with Gasteiger partial charge in [0, 0.05) is 22.9 Å². The lowest BCUT2D eigenvalue weighted by Crippen LogP contribution is -2.32. The molecule has 0 bridgehead atoms. The normalized spacial score (nSPS) is 16.6. The molecule has 1 fully saturated rings. The smallest absolute Gasteiger partial charge is 0.328 e. The zero-order valence-electron chi connectivity index (χ0n) is 11.7. The molecule has 0 saturated heterocycles. The van der Waals surface area contributed by atoms with E-state index in [9.17, 15) is 9.59 Å². The van der Waals surface area contributed by atoms with Crippen molar-refractivity contribution in [2.24, 2.45) is 11.3 Å². The number of carbonyl (C=O) groups excluding carboxylic acids is 1. The van der Waals surface area contributed by atoms with E-state index < -0.39 is 5.97 Å². The number of carbonyl (C=O) groups is 2. The Morgan fingerprint density at radius 3 is 2.75 bits per heavy atom. The molecule has 0 aliphatic heterocycles. The first-order valence-electron chi connectivity index (χ1n) is 6.71. The fourth-order valence-corrected chi connectivity index (χ4v) is 2.97. The highest BCUT2D eigenvalue weighted by molar-refractivity contribution is 7.11. The number of rotatable bonds is 6. The molecule has 0 aromatic carbocycles. The SMILES string of the molecule is CC(C)C1(CNC(=O)c2csc(/C=C/C(=O)O)c2)CC1. The van der Waals surface area contributed by atoms with E-state index in [0.29, 0.717) is 11.5 Å². The Hall–Kier alpha value is -1.62. The van der Waals surface area contributed by atoms with Gasteiger partial charge in [0.15, 0.2) is 0 Å². The van der Waals surface area contributed by atoms with Gasteiger partial charge < -0.3 is 10.4 Å². The van der Waals surface area contributed by atoms with Crippen LogP contribution < -0.4 is 5.32 Å². The second-order valence-electron chi connectivity index (χ2n) is 5.61. The number of aliphatic carboxylic acids is 1. The zero-order valence-corrected chi connectivity index (χ0v) is 12.5. The number of carboxylic acid groups (broad SMARTS) is 1. The van der Waals surface area contributed by atoms with Gasteiger partial charge in [0.2, 0.25) is 0 Å². The van der Waals surface area contributed by atoms with Crippen molar-refractivity contribution < 1.29 is 14.7 Å². The van der Waals surface area contributed by atoms with Crippen LogP contribution >= 0.6 is 11.3 Å². The molecule has 0 radical (unpaired) electrons. The van der Waals surface area contributed by atoms with Crippen LogP contribution in [-0.2, 0) is 4.79 Å². The Balaban J connectivity index is 1.92. The molecule has 1 aromatic heterocycles. The maximum Gasteiger partial charge on any atom is 0.328 e. The van der Waals surface area contributed by atoms with Gasteiger partial charge in [0.05, 0.1) is 5.56 Å². The summed E-state index contributed by atoms with van der Waals surface area (Å²) in [6.07, 6.45) is 4.94. The molecule has 4 nitrogen and oxygen atoms in total. The molecule has 20 heavy (non-hydrogen) atoms. The van der Waals surface area contributed by atoms with Crippen LogP contribution in [0.25, 0.3) is 6.08 Å². The highest BCUT2D eigenvalue weighted by Gasteiger charge is 2.45. The maximum atomic E-state index is 12.0. The molecule has 1 saturated carbocycles. The summed E-state index contributed by atoms with van der Waals surface area (Å²) < 4.78 is 0. The van der Waals surface area contributed by atoms with Crippen LogP contribution in [0.1, 0.15) is 41.9 Å². The quantitative estimate of drug-likeness (QED) is 0.792. The molecule has 0 spiro atoms. The van der Waals surface area contributed by atoms with Crippen molar-refractivity contribution in [1.82, 2.24) is 5.32 Å². The largest absolute Gasteiger partial charge is 0.478 e. The first-order valence-corrected chi connectivity index (χ1v) is 7.59. The van der Waals surface area contributed by atoms with Crippen molar-refractivity contribution in [3.8, 4) is 0 Å². The summed E-state index contributed by atoms with van der Waals surface area (Å²) in [5.74, 6) is -0.487. The first-order chi connectivity index (χ1) is 9.43. The minimum Gasteiger partial charge on any atom is -0.478 e. The Kier molecular flexibility index (Phi) is 4.28. The number of hydrogen-bond donors (Lipinski definition) is 2. The van der Waals surface area contributed by atoms with Gasteiger partial charge in [-0.3, -0.25) is 4.79 Å². The molecule has 5 heteroatoms. The number of thiophene rings is 1. The molecule has 1 amide bonds. The summed E-state index contributed by atoms with van der Waals surface area (Å²) in [7, 11) is 0. The third-order valence-corrected chi connectivity index (χ3v) is 4.89. The number of carboxylic acids is 1. The topological polar surface area (TPSA) is 66.4 Å². The van der Waals surface area contributed by atoms with E-state index in [1.807, 2.05) is 0 Å². The lowest BCUT2D eigenvalue weighted by molar-refractivity contribution is -0.131. The Labute approximate surface area is 122 Å². The fraction of sp³-hybridized carbons (Fsp3) is 0.467. The summed E-state index contributed by atoms with van der Waals surface area (Å²) in [4.78, 5) is 23.3. The average molecular weight is 293 g/mol. The summed E-state index contributed by atoms with van der Waals surface area (Å²) in [6.45, 7) is 5.11. The molecule has 2 N–H and O–H groups in total. The summed E-state index contributed by atoms with van der Waals surface area (Å²) in [6, 6.07) is 1.72. The molecule has 1 aliphatic carbocycles. The lowest BCUT2D eigenvalue weighted by Gasteiger charge is -2.19. The molecule has 108 valence electrons. The van der Waals surface area contributed by atoms with Gasteiger partial charge in [-0.05, 0) is 36.3 Å². The van der Waals surface area contributed by atoms with E-state index in [1.165, 1.54) is 30.3 Å². The zero-order chi connectivity index (χ0) is 14.8. The van der Waals surface area contributed by atoms with Crippen LogP contribution in [-0.4, -0.2) is 23.5 Å². The molecule has 1 aliphatic rings. The third kappa shape index (κ3) is 3.48. The van der Waals surface area contributed by atoms with E-state index in [-0.39, 0.29) is 11.3 Å². The fourth-order valence-electron chi connectivity index (χ4n) is 2.19. The molecule has 1 heterocycles. The van der Waals surface area contributed by atoms with Crippen LogP contribution in [0.5, 0.6) is 0 Å². The maximum absolute atomic E-state index is 12.0. The predicted molar refractivity (Wildman–Crippen MR) is 79.8 cm³/mol. The third-order valence-electron chi connectivity index (χ3n) is 3.99. The van der Waals surface area contributed by atoms with E-state index in [4.69, 9.17) is 5.11 Å². The highest BCUT2D eigenvalue weighted by Crippen LogP contribution is 2.51. The van der Waals surface area contributed by atoms with E-state index in [1.54, 1.807) is 11.4 Å². The minimum atomic E-state index is -0.989. The summed E-state index contributed by atoms with van der Waals surface area (Å²) in [5.41, 5.74) is 0.886. The Bertz CT molecular complexity index is 541. The van der Waals surface area contributed by atoms with Gasteiger partial charge in [0.25, 0.3) is 5.91 Å². The van der Waals surface area contributed by atoms with Gasteiger partial charge in [-0.2, -0.15) is 0 Å². The first kappa shape index (κ1) is 14.8. The number of nitrogens with one attached hydrogen (secondary N) is 1. The van der Waals surface area contributed by atoms with Crippen molar-refractivity contribution in [3.63, 3.8) is 0 Å². The molecule has 0 unspecified atom stereocenters. The molecule has 0 atom stereocenters. The summed E-state index contributed by atoms with van der Waals surface area (Å²) in [5, 5.41) is 13.3. The minimum absolute atomic E-state index is 0.0804. The van der Waals surface area contributed by atoms with Crippen molar-refractivity contribution in [2.75, 3.05) is 6.54 Å². The van der Waals surface area contributed by atoms with Gasteiger partial charge in [0.1, 0.15) is 0 Å². The molecular weight excluding hydrogens is 274 g/mol. The van der Waals surface area contributed by atoms with E-state index in [0.717, 1.165) is 17.5 Å². The van der Waals surface area contributed by atoms with Crippen LogP contribution in [0.3, 0.4) is 0 Å². The predicted octanol–water partition coefficient (Wildman–Crippen LogP) is 3.01. The summed E-state index contributed by atoms with van der Waals surface area (Å²) >= 11 is 1.36. The van der Waals surface area contributed by atoms with Crippen molar-refractivity contribution in [1.29, 1.82) is 0 Å². The average Bonchev–Trinajstić information content (AvgIpc) is 3.04. The van der Waals surface area contributed by atoms with E-state index in [2.05, 4.69) is 19.2 Å². The monoisotopic (exact) mass is 293 g/mol. The lowest BCUT2D eigenvalue weighted by atomic mass is 9.92. The number of hydrogen-bond acceptors (Lipinski definition) is 3. The van der Waals surface area contributed by atoms with Crippen molar-refractivity contribution in [2.45, 2.75) is 26.7 Å². The number of amides is 1. The van der Waals surface area contributed by atoms with Gasteiger partial charge in [-0.25, -0.2) is 4.79 Å². The standard InChI is InChI=1S/C15H19NO3S/c1-10(2)15(5-6-15)9-16-14(19)11-7-12(20-8-11)3-4-13(17)18/h3-4,7-8,10H,5-6,9H2,1-2H3,(H,16,19)(H,17,18)/b4-3+. The molecule has 1 aromatic rings. The van der Waals surface area contributed by atoms with Crippen molar-refractivity contribution in [3.05, 3.63) is 28.0 Å². The van der Waals surface area contributed by atoms with Crippen LogP contribution in [0, 0.1) is 11.3 Å². The molecular formula is C15H19NO3S. The van der Waals surface area contributed by atoms with Crippen molar-refractivity contribution >= 4 is 29.3 Å². The highest BCUT2D eigenvalue weighted by atomic mass is 32.1. The van der Waals surface area contributed by atoms with Crippen LogP contribution in [0.2, 0.25) is 0 Å². The van der Waals surface area contributed by atoms with Gasteiger partial charge in [-0.1, -0.05) is 13.8 Å². The van der Waals surface area contributed by atoms with Crippen LogP contribution in [0.4, 0.5) is 0 Å². The van der Waals surface area contributed by atoms with Crippen LogP contribution in [0.15, 0.2) is 17.5 Å². The Morgan fingerprint density at radius 2 is 2.20 bits per heavy atom. The van der Waals surface area contributed by atoms with Gasteiger partial charge in [-0.15, -0.1) is 11.3 Å². The van der Waals surface area contributed by atoms with E-state index >= 15 is 0 Å². The van der Waals surface area contributed by atoms with Gasteiger partial charge >= 0.3 is 5.97 Å².